The van der Waals surface area contributed by atoms with Crippen LogP contribution in [0.25, 0.3) is 0 Å². The number of piperidine rings is 1. The molecule has 76 valence electrons. The summed E-state index contributed by atoms with van der Waals surface area (Å²) in [6.45, 7) is 3.08. The number of hydrogen-bond donors (Lipinski definition) is 2. The van der Waals surface area contributed by atoms with Crippen LogP contribution in [0.2, 0.25) is 0 Å². The number of nitrogens with zero attached hydrogens (tertiary/aromatic N) is 2. The van der Waals surface area contributed by atoms with Gasteiger partial charge in [-0.3, -0.25) is 0 Å². The van der Waals surface area contributed by atoms with Crippen molar-refractivity contribution in [2.24, 2.45) is 0 Å². The second-order valence-corrected chi connectivity index (χ2v) is 3.62. The summed E-state index contributed by atoms with van der Waals surface area (Å²) in [5.41, 5.74) is 1.06. The quantitative estimate of drug-likeness (QED) is 0.724. The zero-order chi connectivity index (χ0) is 9.64. The van der Waals surface area contributed by atoms with Crippen molar-refractivity contribution in [3.63, 3.8) is 0 Å². The molecule has 1 aliphatic rings. The highest BCUT2D eigenvalue weighted by molar-refractivity contribution is 4.97. The minimum atomic E-state index is 0.596. The van der Waals surface area contributed by atoms with E-state index in [1.165, 1.54) is 12.8 Å². The third kappa shape index (κ3) is 2.75. The molecule has 1 aromatic rings. The second-order valence-electron chi connectivity index (χ2n) is 3.62. The Morgan fingerprint density at radius 3 is 3.29 bits per heavy atom. The van der Waals surface area contributed by atoms with Crippen LogP contribution in [0.1, 0.15) is 18.5 Å². The Morgan fingerprint density at radius 2 is 2.57 bits per heavy atom. The van der Waals surface area contributed by atoms with Gasteiger partial charge in [-0.1, -0.05) is 0 Å². The van der Waals surface area contributed by atoms with Crippen molar-refractivity contribution in [2.75, 3.05) is 13.1 Å². The summed E-state index contributed by atoms with van der Waals surface area (Å²) in [6.07, 6.45) is 5.90. The van der Waals surface area contributed by atoms with Crippen LogP contribution < -0.4 is 10.6 Å². The van der Waals surface area contributed by atoms with Gasteiger partial charge in [0.1, 0.15) is 6.33 Å². The van der Waals surface area contributed by atoms with E-state index >= 15 is 0 Å². The van der Waals surface area contributed by atoms with Crippen molar-refractivity contribution >= 4 is 0 Å². The van der Waals surface area contributed by atoms with Gasteiger partial charge in [-0.25, -0.2) is 9.97 Å². The van der Waals surface area contributed by atoms with E-state index in [9.17, 15) is 0 Å². The van der Waals surface area contributed by atoms with Crippen molar-refractivity contribution in [1.82, 2.24) is 20.6 Å². The van der Waals surface area contributed by atoms with Crippen molar-refractivity contribution in [1.29, 1.82) is 0 Å². The van der Waals surface area contributed by atoms with Gasteiger partial charge in [-0.2, -0.15) is 0 Å². The van der Waals surface area contributed by atoms with Gasteiger partial charge < -0.3 is 10.6 Å². The van der Waals surface area contributed by atoms with Gasteiger partial charge in [0, 0.05) is 25.3 Å². The number of aromatic nitrogens is 2. The van der Waals surface area contributed by atoms with E-state index in [1.54, 1.807) is 12.5 Å². The van der Waals surface area contributed by atoms with Crippen LogP contribution in [0.4, 0.5) is 0 Å². The van der Waals surface area contributed by atoms with E-state index < -0.39 is 0 Å². The monoisotopic (exact) mass is 192 g/mol. The smallest absolute Gasteiger partial charge is 0.115 e. The molecule has 4 nitrogen and oxygen atoms in total. The summed E-state index contributed by atoms with van der Waals surface area (Å²) in [4.78, 5) is 8.06. The summed E-state index contributed by atoms with van der Waals surface area (Å²) < 4.78 is 0. The van der Waals surface area contributed by atoms with Crippen molar-refractivity contribution in [3.8, 4) is 0 Å². The third-order valence-corrected chi connectivity index (χ3v) is 2.51. The Kier molecular flexibility index (Phi) is 3.43. The lowest BCUT2D eigenvalue weighted by Crippen LogP contribution is -2.42. The highest BCUT2D eigenvalue weighted by Crippen LogP contribution is 2.02. The molecule has 0 aromatic carbocycles. The maximum absolute atomic E-state index is 4.17. The van der Waals surface area contributed by atoms with Crippen molar-refractivity contribution in [3.05, 3.63) is 24.3 Å². The minimum Gasteiger partial charge on any atom is -0.315 e. The molecule has 1 aromatic heterocycles. The van der Waals surface area contributed by atoms with Gasteiger partial charge in [-0.15, -0.1) is 0 Å². The zero-order valence-electron chi connectivity index (χ0n) is 8.24. The lowest BCUT2D eigenvalue weighted by atomic mass is 10.1. The molecule has 4 heteroatoms. The van der Waals surface area contributed by atoms with Crippen LogP contribution >= 0.6 is 0 Å². The highest BCUT2D eigenvalue weighted by Gasteiger charge is 2.11. The van der Waals surface area contributed by atoms with Crippen LogP contribution in [-0.4, -0.2) is 29.1 Å². The largest absolute Gasteiger partial charge is 0.315 e. The average Bonchev–Trinajstić information content (AvgIpc) is 2.29. The molecule has 0 spiro atoms. The number of hydrogen-bond acceptors (Lipinski definition) is 4. The van der Waals surface area contributed by atoms with Crippen LogP contribution in [0, 0.1) is 0 Å². The Hall–Kier alpha value is -1.00. The van der Waals surface area contributed by atoms with Gasteiger partial charge >= 0.3 is 0 Å². The van der Waals surface area contributed by atoms with Crippen LogP contribution in [0.15, 0.2) is 18.6 Å². The Balaban J connectivity index is 1.76. The normalized spacial score (nSPS) is 22.1. The SMILES string of the molecule is c1cc(CNC2CCCNC2)ncn1. The predicted octanol–water partition coefficient (Wildman–Crippen LogP) is 0.318. The van der Waals surface area contributed by atoms with E-state index in [0.717, 1.165) is 25.3 Å². The van der Waals surface area contributed by atoms with Gasteiger partial charge in [-0.05, 0) is 25.5 Å². The average molecular weight is 192 g/mol. The number of rotatable bonds is 3. The Labute approximate surface area is 84.2 Å². The van der Waals surface area contributed by atoms with Crippen molar-refractivity contribution < 1.29 is 0 Å². The third-order valence-electron chi connectivity index (χ3n) is 2.51. The first-order valence-corrected chi connectivity index (χ1v) is 5.14. The van der Waals surface area contributed by atoms with Gasteiger partial charge in [0.05, 0.1) is 5.69 Å². The molecular weight excluding hydrogens is 176 g/mol. The van der Waals surface area contributed by atoms with E-state index in [0.29, 0.717) is 6.04 Å². The van der Waals surface area contributed by atoms with E-state index in [-0.39, 0.29) is 0 Å². The predicted molar refractivity (Wildman–Crippen MR) is 54.8 cm³/mol. The van der Waals surface area contributed by atoms with E-state index in [1.807, 2.05) is 6.07 Å². The molecule has 2 heterocycles. The lowest BCUT2D eigenvalue weighted by molar-refractivity contribution is 0.387. The maximum atomic E-state index is 4.17. The summed E-state index contributed by atoms with van der Waals surface area (Å²) >= 11 is 0. The molecule has 1 atom stereocenters. The highest BCUT2D eigenvalue weighted by atomic mass is 15.0. The standard InChI is InChI=1S/C10H16N4/c1-2-9(6-11-4-1)13-7-10-3-5-12-8-14-10/h3,5,8-9,11,13H,1-2,4,6-7H2. The first kappa shape index (κ1) is 9.55. The fourth-order valence-electron chi connectivity index (χ4n) is 1.70. The summed E-state index contributed by atoms with van der Waals surface area (Å²) in [5, 5.41) is 6.86. The molecule has 1 saturated heterocycles. The minimum absolute atomic E-state index is 0.596. The van der Waals surface area contributed by atoms with Crippen LogP contribution in [-0.2, 0) is 6.54 Å². The molecule has 2 N–H and O–H groups in total. The maximum Gasteiger partial charge on any atom is 0.115 e. The van der Waals surface area contributed by atoms with Crippen LogP contribution in [0.3, 0.4) is 0 Å². The molecule has 1 unspecified atom stereocenters. The molecule has 0 radical (unpaired) electrons. The van der Waals surface area contributed by atoms with E-state index in [2.05, 4.69) is 20.6 Å². The molecule has 14 heavy (non-hydrogen) atoms. The second kappa shape index (κ2) is 5.02. The molecule has 0 amide bonds. The topological polar surface area (TPSA) is 49.8 Å². The van der Waals surface area contributed by atoms with E-state index in [4.69, 9.17) is 0 Å². The fraction of sp³-hybridized carbons (Fsp3) is 0.600. The molecule has 0 bridgehead atoms. The molecule has 2 rings (SSSR count). The van der Waals surface area contributed by atoms with Gasteiger partial charge in [0.15, 0.2) is 0 Å². The molecule has 1 aliphatic heterocycles. The van der Waals surface area contributed by atoms with Gasteiger partial charge in [0.25, 0.3) is 0 Å². The first-order chi connectivity index (χ1) is 6.95. The number of nitrogens with one attached hydrogen (secondary N) is 2. The molecule has 0 saturated carbocycles. The Bertz CT molecular complexity index is 256. The van der Waals surface area contributed by atoms with Crippen molar-refractivity contribution in [2.45, 2.75) is 25.4 Å². The van der Waals surface area contributed by atoms with Crippen LogP contribution in [0.5, 0.6) is 0 Å². The molecule has 1 fully saturated rings. The Morgan fingerprint density at radius 1 is 1.57 bits per heavy atom. The summed E-state index contributed by atoms with van der Waals surface area (Å²) in [5.74, 6) is 0. The first-order valence-electron chi connectivity index (χ1n) is 5.14. The fourth-order valence-corrected chi connectivity index (χ4v) is 1.70. The molecular formula is C10H16N4. The summed E-state index contributed by atoms with van der Waals surface area (Å²) in [6, 6.07) is 2.54. The summed E-state index contributed by atoms with van der Waals surface area (Å²) in [7, 11) is 0. The zero-order valence-corrected chi connectivity index (χ0v) is 8.24. The molecule has 0 aliphatic carbocycles. The lowest BCUT2D eigenvalue weighted by Gasteiger charge is -2.23. The van der Waals surface area contributed by atoms with Gasteiger partial charge in [0.2, 0.25) is 0 Å².